The zero-order valence-corrected chi connectivity index (χ0v) is 16.3. The van der Waals surface area contributed by atoms with Crippen LogP contribution in [0.15, 0.2) is 60.4 Å². The van der Waals surface area contributed by atoms with E-state index in [1.165, 1.54) is 16.9 Å². The van der Waals surface area contributed by atoms with E-state index in [2.05, 4.69) is 44.1 Å². The van der Waals surface area contributed by atoms with Gasteiger partial charge in [-0.05, 0) is 5.56 Å². The van der Waals surface area contributed by atoms with Crippen molar-refractivity contribution in [1.82, 2.24) is 24.8 Å². The van der Waals surface area contributed by atoms with Crippen LogP contribution in [0.3, 0.4) is 0 Å². The molecule has 142 valence electrons. The summed E-state index contributed by atoms with van der Waals surface area (Å²) in [5, 5.41) is 2.53. The van der Waals surface area contributed by atoms with E-state index in [1.807, 2.05) is 23.1 Å². The number of carbonyl (C=O) groups is 1. The molecule has 0 bridgehead atoms. The molecule has 1 amide bonds. The van der Waals surface area contributed by atoms with Crippen molar-refractivity contribution in [2.45, 2.75) is 0 Å². The fraction of sp³-hybridized carbons (Fsp3) is 0.238. The van der Waals surface area contributed by atoms with Crippen molar-refractivity contribution in [2.24, 2.45) is 0 Å². The highest BCUT2D eigenvalue weighted by Gasteiger charge is 2.23. The first-order valence-corrected chi connectivity index (χ1v) is 10.1. The van der Waals surface area contributed by atoms with Crippen LogP contribution in [0.25, 0.3) is 16.8 Å². The molecule has 0 saturated carbocycles. The van der Waals surface area contributed by atoms with Crippen LogP contribution in [0, 0.1) is 0 Å². The zero-order valence-electron chi connectivity index (χ0n) is 15.4. The van der Waals surface area contributed by atoms with Gasteiger partial charge in [-0.3, -0.25) is 19.7 Å². The summed E-state index contributed by atoms with van der Waals surface area (Å²) in [7, 11) is 0. The van der Waals surface area contributed by atoms with E-state index in [0.29, 0.717) is 11.4 Å². The quantitative estimate of drug-likeness (QED) is 0.669. The lowest BCUT2D eigenvalue weighted by Gasteiger charge is -2.33. The normalized spacial score (nSPS) is 15.2. The molecule has 28 heavy (non-hydrogen) atoms. The first-order valence-electron chi connectivity index (χ1n) is 9.25. The van der Waals surface area contributed by atoms with Crippen LogP contribution in [0.4, 0.5) is 0 Å². The molecule has 1 aliphatic heterocycles. The summed E-state index contributed by atoms with van der Waals surface area (Å²) >= 11 is 1.42. The standard InChI is InChI=1S/C21H21N5OS/c27-21(19-16-28-20(24-19)18-15-22-8-9-23-18)26-13-11-25(12-14-26)10-4-7-17-5-2-1-3-6-17/h1-9,15-16H,10-14H2. The second kappa shape index (κ2) is 8.86. The minimum atomic E-state index is -0.00846. The number of rotatable bonds is 5. The summed E-state index contributed by atoms with van der Waals surface area (Å²) in [5.41, 5.74) is 2.39. The lowest BCUT2D eigenvalue weighted by Crippen LogP contribution is -2.48. The predicted octanol–water partition coefficient (Wildman–Crippen LogP) is 3.07. The van der Waals surface area contributed by atoms with Crippen molar-refractivity contribution in [3.05, 3.63) is 71.6 Å². The molecule has 1 fully saturated rings. The zero-order chi connectivity index (χ0) is 19.2. The summed E-state index contributed by atoms with van der Waals surface area (Å²) in [6.45, 7) is 4.06. The second-order valence-corrected chi connectivity index (χ2v) is 7.39. The third kappa shape index (κ3) is 4.49. The van der Waals surface area contributed by atoms with Crippen molar-refractivity contribution in [1.29, 1.82) is 0 Å². The van der Waals surface area contributed by atoms with Gasteiger partial charge in [0.05, 0.1) is 6.20 Å². The molecule has 1 aliphatic rings. The average molecular weight is 392 g/mol. The Hall–Kier alpha value is -2.90. The van der Waals surface area contributed by atoms with Gasteiger partial charge in [0.2, 0.25) is 0 Å². The maximum absolute atomic E-state index is 12.8. The number of carbonyl (C=O) groups excluding carboxylic acids is 1. The van der Waals surface area contributed by atoms with Gasteiger partial charge in [-0.15, -0.1) is 11.3 Å². The van der Waals surface area contributed by atoms with Crippen molar-refractivity contribution in [3.8, 4) is 10.7 Å². The van der Waals surface area contributed by atoms with E-state index in [0.717, 1.165) is 37.7 Å². The highest BCUT2D eigenvalue weighted by molar-refractivity contribution is 7.13. The van der Waals surface area contributed by atoms with Gasteiger partial charge in [0.25, 0.3) is 5.91 Å². The van der Waals surface area contributed by atoms with Crippen LogP contribution < -0.4 is 0 Å². The molecule has 0 spiro atoms. The molecular weight excluding hydrogens is 370 g/mol. The van der Waals surface area contributed by atoms with E-state index < -0.39 is 0 Å². The summed E-state index contributed by atoms with van der Waals surface area (Å²) < 4.78 is 0. The van der Waals surface area contributed by atoms with E-state index in [-0.39, 0.29) is 5.91 Å². The molecule has 0 radical (unpaired) electrons. The summed E-state index contributed by atoms with van der Waals surface area (Å²) in [4.78, 5) is 29.7. The van der Waals surface area contributed by atoms with Gasteiger partial charge in [0.15, 0.2) is 0 Å². The van der Waals surface area contributed by atoms with Crippen LogP contribution in [0.5, 0.6) is 0 Å². The minimum Gasteiger partial charge on any atom is -0.335 e. The number of piperazine rings is 1. The summed E-state index contributed by atoms with van der Waals surface area (Å²) in [5.74, 6) is -0.00846. The van der Waals surface area contributed by atoms with Gasteiger partial charge < -0.3 is 4.90 Å². The average Bonchev–Trinajstić information content (AvgIpc) is 3.25. The Bertz CT molecular complexity index is 934. The Balaban J connectivity index is 1.29. The van der Waals surface area contributed by atoms with Crippen LogP contribution >= 0.6 is 11.3 Å². The molecular formula is C21H21N5OS. The first kappa shape index (κ1) is 18.5. The number of hydrogen-bond donors (Lipinski definition) is 0. The van der Waals surface area contributed by atoms with Gasteiger partial charge in [-0.25, -0.2) is 4.98 Å². The molecule has 7 heteroatoms. The minimum absolute atomic E-state index is 0.00846. The Labute approximate surface area is 168 Å². The largest absolute Gasteiger partial charge is 0.335 e. The monoisotopic (exact) mass is 391 g/mol. The molecule has 3 heterocycles. The molecule has 4 rings (SSSR count). The van der Waals surface area contributed by atoms with Gasteiger partial charge in [-0.1, -0.05) is 42.5 Å². The van der Waals surface area contributed by atoms with E-state index >= 15 is 0 Å². The SMILES string of the molecule is O=C(c1csc(-c2cnccn2)n1)N1CCN(CC=Cc2ccccc2)CC1. The number of benzene rings is 1. The number of aromatic nitrogens is 3. The van der Waals surface area contributed by atoms with E-state index in [1.54, 1.807) is 24.0 Å². The van der Waals surface area contributed by atoms with Crippen molar-refractivity contribution < 1.29 is 4.79 Å². The van der Waals surface area contributed by atoms with Crippen LogP contribution in [0.1, 0.15) is 16.1 Å². The third-order valence-corrected chi connectivity index (χ3v) is 5.50. The first-order chi connectivity index (χ1) is 13.8. The van der Waals surface area contributed by atoms with E-state index in [4.69, 9.17) is 0 Å². The number of thiazole rings is 1. The van der Waals surface area contributed by atoms with Crippen molar-refractivity contribution in [3.63, 3.8) is 0 Å². The Morgan fingerprint density at radius 2 is 1.93 bits per heavy atom. The fourth-order valence-electron chi connectivity index (χ4n) is 3.10. The molecule has 6 nitrogen and oxygen atoms in total. The van der Waals surface area contributed by atoms with E-state index in [9.17, 15) is 4.79 Å². The summed E-state index contributed by atoms with van der Waals surface area (Å²) in [6, 6.07) is 10.3. The highest BCUT2D eigenvalue weighted by Crippen LogP contribution is 2.21. The van der Waals surface area contributed by atoms with Gasteiger partial charge in [0.1, 0.15) is 16.4 Å². The van der Waals surface area contributed by atoms with Gasteiger partial charge in [0, 0.05) is 50.5 Å². The Kier molecular flexibility index (Phi) is 5.84. The summed E-state index contributed by atoms with van der Waals surface area (Å²) in [6.07, 6.45) is 9.23. The van der Waals surface area contributed by atoms with Crippen molar-refractivity contribution >= 4 is 23.3 Å². The topological polar surface area (TPSA) is 62.2 Å². The maximum Gasteiger partial charge on any atom is 0.273 e. The number of amides is 1. The fourth-order valence-corrected chi connectivity index (χ4v) is 3.85. The molecule has 1 aromatic carbocycles. The molecule has 0 aliphatic carbocycles. The van der Waals surface area contributed by atoms with Crippen molar-refractivity contribution in [2.75, 3.05) is 32.7 Å². The molecule has 1 saturated heterocycles. The molecule has 2 aromatic heterocycles. The van der Waals surface area contributed by atoms with Crippen LogP contribution in [-0.2, 0) is 0 Å². The van der Waals surface area contributed by atoms with Gasteiger partial charge in [-0.2, -0.15) is 0 Å². The smallest absolute Gasteiger partial charge is 0.273 e. The molecule has 3 aromatic rings. The Morgan fingerprint density at radius 1 is 1.11 bits per heavy atom. The Morgan fingerprint density at radius 3 is 2.68 bits per heavy atom. The highest BCUT2D eigenvalue weighted by atomic mass is 32.1. The molecule has 0 atom stereocenters. The third-order valence-electron chi connectivity index (χ3n) is 4.64. The predicted molar refractivity (Wildman–Crippen MR) is 111 cm³/mol. The van der Waals surface area contributed by atoms with Crippen LogP contribution in [0.2, 0.25) is 0 Å². The second-order valence-electron chi connectivity index (χ2n) is 6.53. The lowest BCUT2D eigenvalue weighted by atomic mass is 10.2. The molecule has 0 unspecified atom stereocenters. The molecule has 0 N–H and O–H groups in total. The van der Waals surface area contributed by atoms with Gasteiger partial charge >= 0.3 is 0 Å². The maximum atomic E-state index is 12.8. The lowest BCUT2D eigenvalue weighted by molar-refractivity contribution is 0.0645. The van der Waals surface area contributed by atoms with Crippen LogP contribution in [-0.4, -0.2) is 63.4 Å². The number of nitrogens with zero attached hydrogens (tertiary/aromatic N) is 5. The number of hydrogen-bond acceptors (Lipinski definition) is 6.